The number of hydrogen-bond acceptors (Lipinski definition) is 5. The molecule has 7 nitrogen and oxygen atoms in total. The van der Waals surface area contributed by atoms with E-state index in [1.165, 1.54) is 0 Å². The lowest BCUT2D eigenvalue weighted by Gasteiger charge is -2.24. The third-order valence-corrected chi connectivity index (χ3v) is 6.81. The number of hydrogen-bond donors (Lipinski definition) is 0. The fourth-order valence-corrected chi connectivity index (χ4v) is 4.28. The first-order valence-electron chi connectivity index (χ1n) is 10.1. The minimum absolute atomic E-state index is 0.232. The molecule has 0 bridgehead atoms. The SMILES string of the molecule is CC(c1ccc(S(C)(=O)=O)cc1)N(C)C(=O)c1cc(-c2ccco2)n(-c2cccc(Cl)c2)n1. The molecule has 0 saturated heterocycles. The van der Waals surface area contributed by atoms with Crippen molar-refractivity contribution in [3.8, 4) is 17.1 Å². The Morgan fingerprint density at radius 1 is 1.09 bits per heavy atom. The van der Waals surface area contributed by atoms with E-state index in [1.54, 1.807) is 83.6 Å². The van der Waals surface area contributed by atoms with Crippen molar-refractivity contribution in [2.45, 2.75) is 17.9 Å². The van der Waals surface area contributed by atoms with Gasteiger partial charge in [-0.25, -0.2) is 13.1 Å². The predicted molar refractivity (Wildman–Crippen MR) is 126 cm³/mol. The minimum Gasteiger partial charge on any atom is -0.463 e. The van der Waals surface area contributed by atoms with E-state index in [2.05, 4.69) is 5.10 Å². The van der Waals surface area contributed by atoms with E-state index < -0.39 is 9.84 Å². The number of carbonyl (C=O) groups is 1. The number of aromatic nitrogens is 2. The highest BCUT2D eigenvalue weighted by molar-refractivity contribution is 7.90. The average molecular weight is 484 g/mol. The molecule has 1 atom stereocenters. The first-order valence-corrected chi connectivity index (χ1v) is 12.4. The largest absolute Gasteiger partial charge is 0.463 e. The summed E-state index contributed by atoms with van der Waals surface area (Å²) in [6.45, 7) is 1.87. The molecule has 0 spiro atoms. The molecule has 0 N–H and O–H groups in total. The van der Waals surface area contributed by atoms with Gasteiger partial charge in [0.25, 0.3) is 5.91 Å². The maximum atomic E-state index is 13.3. The maximum Gasteiger partial charge on any atom is 0.274 e. The van der Waals surface area contributed by atoms with Gasteiger partial charge >= 0.3 is 0 Å². The third kappa shape index (κ3) is 4.72. The van der Waals surface area contributed by atoms with E-state index in [1.807, 2.05) is 13.0 Å². The van der Waals surface area contributed by atoms with Crippen molar-refractivity contribution in [1.82, 2.24) is 14.7 Å². The maximum absolute atomic E-state index is 13.3. The smallest absolute Gasteiger partial charge is 0.274 e. The van der Waals surface area contributed by atoms with Crippen LogP contribution in [0, 0.1) is 0 Å². The highest BCUT2D eigenvalue weighted by Crippen LogP contribution is 2.28. The van der Waals surface area contributed by atoms with Crippen LogP contribution in [0.25, 0.3) is 17.1 Å². The van der Waals surface area contributed by atoms with Gasteiger partial charge in [-0.3, -0.25) is 4.79 Å². The average Bonchev–Trinajstić information content (AvgIpc) is 3.47. The van der Waals surface area contributed by atoms with Crippen LogP contribution in [-0.4, -0.2) is 42.3 Å². The van der Waals surface area contributed by atoms with Crippen LogP contribution in [-0.2, 0) is 9.84 Å². The van der Waals surface area contributed by atoms with Gasteiger partial charge in [-0.15, -0.1) is 0 Å². The monoisotopic (exact) mass is 483 g/mol. The molecular formula is C24H22ClN3O4S. The van der Waals surface area contributed by atoms with E-state index >= 15 is 0 Å². The van der Waals surface area contributed by atoms with Crippen LogP contribution >= 0.6 is 11.6 Å². The van der Waals surface area contributed by atoms with Gasteiger partial charge < -0.3 is 9.32 Å². The highest BCUT2D eigenvalue weighted by Gasteiger charge is 2.24. The zero-order valence-corrected chi connectivity index (χ0v) is 19.8. The second-order valence-corrected chi connectivity index (χ2v) is 10.2. The highest BCUT2D eigenvalue weighted by atomic mass is 35.5. The van der Waals surface area contributed by atoms with E-state index in [9.17, 15) is 13.2 Å². The van der Waals surface area contributed by atoms with Crippen molar-refractivity contribution in [1.29, 1.82) is 0 Å². The molecule has 2 aromatic heterocycles. The lowest BCUT2D eigenvalue weighted by molar-refractivity contribution is 0.0736. The van der Waals surface area contributed by atoms with Crippen LogP contribution in [0.4, 0.5) is 0 Å². The molecule has 9 heteroatoms. The minimum atomic E-state index is -3.29. The second-order valence-electron chi connectivity index (χ2n) is 7.72. The van der Waals surface area contributed by atoms with E-state index in [0.29, 0.717) is 22.2 Å². The van der Waals surface area contributed by atoms with Crippen molar-refractivity contribution in [3.63, 3.8) is 0 Å². The Bertz CT molecular complexity index is 1390. The molecule has 1 amide bonds. The number of nitrogens with zero attached hydrogens (tertiary/aromatic N) is 3. The number of halogens is 1. The molecule has 33 heavy (non-hydrogen) atoms. The molecule has 4 rings (SSSR count). The van der Waals surface area contributed by atoms with Gasteiger partial charge in [-0.1, -0.05) is 29.8 Å². The summed E-state index contributed by atoms with van der Waals surface area (Å²) < 4.78 is 30.6. The topological polar surface area (TPSA) is 85.4 Å². The van der Waals surface area contributed by atoms with Crippen molar-refractivity contribution < 1.29 is 17.6 Å². The molecule has 0 fully saturated rings. The number of sulfone groups is 1. The van der Waals surface area contributed by atoms with E-state index in [0.717, 1.165) is 11.8 Å². The van der Waals surface area contributed by atoms with Crippen LogP contribution in [0.2, 0.25) is 5.02 Å². The van der Waals surface area contributed by atoms with Crippen LogP contribution in [0.5, 0.6) is 0 Å². The van der Waals surface area contributed by atoms with E-state index in [4.69, 9.17) is 16.0 Å². The lowest BCUT2D eigenvalue weighted by Crippen LogP contribution is -2.30. The molecule has 0 saturated carbocycles. The summed E-state index contributed by atoms with van der Waals surface area (Å²) in [7, 11) is -1.61. The zero-order chi connectivity index (χ0) is 23.8. The van der Waals surface area contributed by atoms with Crippen molar-refractivity contribution in [2.24, 2.45) is 0 Å². The van der Waals surface area contributed by atoms with Crippen LogP contribution < -0.4 is 0 Å². The number of amides is 1. The molecular weight excluding hydrogens is 462 g/mol. The van der Waals surface area contributed by atoms with Gasteiger partial charge in [0.2, 0.25) is 0 Å². The second kappa shape index (κ2) is 8.88. The van der Waals surface area contributed by atoms with Gasteiger partial charge in [-0.05, 0) is 55.0 Å². The Kier molecular flexibility index (Phi) is 6.14. The number of rotatable bonds is 6. The van der Waals surface area contributed by atoms with Crippen molar-refractivity contribution in [2.75, 3.05) is 13.3 Å². The first kappa shape index (κ1) is 22.8. The summed E-state index contributed by atoms with van der Waals surface area (Å²) in [5.74, 6) is 0.275. The van der Waals surface area contributed by atoms with E-state index in [-0.39, 0.29) is 22.5 Å². The molecule has 2 aromatic carbocycles. The van der Waals surface area contributed by atoms with Gasteiger partial charge in [-0.2, -0.15) is 5.10 Å². The molecule has 0 aliphatic heterocycles. The quantitative estimate of drug-likeness (QED) is 0.384. The Morgan fingerprint density at radius 2 is 1.82 bits per heavy atom. The fourth-order valence-electron chi connectivity index (χ4n) is 3.46. The standard InChI is InChI=1S/C24H22ClN3O4S/c1-16(17-9-11-20(12-10-17)33(3,30)31)27(2)24(29)21-15-22(23-8-5-13-32-23)28(26-21)19-7-4-6-18(25)14-19/h4-16H,1-3H3. The predicted octanol–water partition coefficient (Wildman–Crippen LogP) is 5.02. The molecule has 4 aromatic rings. The van der Waals surface area contributed by atoms with Gasteiger partial charge in [0.05, 0.1) is 22.9 Å². The summed E-state index contributed by atoms with van der Waals surface area (Å²) in [6, 6.07) is 18.6. The molecule has 1 unspecified atom stereocenters. The fraction of sp³-hybridized carbons (Fsp3) is 0.167. The van der Waals surface area contributed by atoms with Gasteiger partial charge in [0.15, 0.2) is 21.3 Å². The molecule has 0 aliphatic carbocycles. The lowest BCUT2D eigenvalue weighted by atomic mass is 10.1. The summed E-state index contributed by atoms with van der Waals surface area (Å²) in [4.78, 5) is 15.1. The van der Waals surface area contributed by atoms with Crippen LogP contribution in [0.3, 0.4) is 0 Å². The Morgan fingerprint density at radius 3 is 2.42 bits per heavy atom. The summed E-state index contributed by atoms with van der Waals surface area (Å²) >= 11 is 6.16. The van der Waals surface area contributed by atoms with Crippen molar-refractivity contribution >= 4 is 27.3 Å². The first-order chi connectivity index (χ1) is 15.6. The van der Waals surface area contributed by atoms with Crippen molar-refractivity contribution in [3.05, 3.63) is 89.3 Å². The van der Waals surface area contributed by atoms with Gasteiger partial charge in [0.1, 0.15) is 5.69 Å². The summed E-state index contributed by atoms with van der Waals surface area (Å²) in [5, 5.41) is 5.09. The Hall–Kier alpha value is -3.36. The third-order valence-electron chi connectivity index (χ3n) is 5.45. The molecule has 0 aliphatic rings. The summed E-state index contributed by atoms with van der Waals surface area (Å²) in [6.07, 6.45) is 2.72. The molecule has 0 radical (unpaired) electrons. The molecule has 2 heterocycles. The zero-order valence-electron chi connectivity index (χ0n) is 18.3. The van der Waals surface area contributed by atoms with Crippen LogP contribution in [0.15, 0.2) is 82.3 Å². The normalized spacial score (nSPS) is 12.5. The van der Waals surface area contributed by atoms with Gasteiger partial charge in [0, 0.05) is 24.4 Å². The summed E-state index contributed by atoms with van der Waals surface area (Å²) in [5.41, 5.74) is 2.35. The number of benzene rings is 2. The Balaban J connectivity index is 1.67. The number of carbonyl (C=O) groups excluding carboxylic acids is 1. The van der Waals surface area contributed by atoms with Crippen LogP contribution in [0.1, 0.15) is 29.0 Å². The molecule has 170 valence electrons. The Labute approximate surface area is 197 Å². The number of furan rings is 1.